The molecule has 2 aromatic carbocycles. The normalized spacial score (nSPS) is 15.5. The summed E-state index contributed by atoms with van der Waals surface area (Å²) >= 11 is 0.858. The van der Waals surface area contributed by atoms with Crippen LogP contribution < -0.4 is 5.32 Å². The third-order valence-corrected chi connectivity index (χ3v) is 5.22. The molecule has 0 bridgehead atoms. The molecule has 0 saturated carbocycles. The van der Waals surface area contributed by atoms with Gasteiger partial charge in [0.1, 0.15) is 6.54 Å². The Labute approximate surface area is 162 Å². The molecule has 27 heavy (non-hydrogen) atoms. The Bertz CT molecular complexity index is 966. The van der Waals surface area contributed by atoms with Gasteiger partial charge in [0.05, 0.1) is 4.91 Å². The molecule has 5 nitrogen and oxygen atoms in total. The minimum absolute atomic E-state index is 0.302. The van der Waals surface area contributed by atoms with Gasteiger partial charge in [-0.05, 0) is 66.9 Å². The predicted molar refractivity (Wildman–Crippen MR) is 108 cm³/mol. The van der Waals surface area contributed by atoms with Gasteiger partial charge in [-0.1, -0.05) is 36.4 Å². The topological polar surface area (TPSA) is 66.5 Å². The first-order valence-corrected chi connectivity index (χ1v) is 9.35. The zero-order chi connectivity index (χ0) is 19.6. The molecule has 1 saturated heterocycles. The summed E-state index contributed by atoms with van der Waals surface area (Å²) in [5, 5.41) is 2.34. The van der Waals surface area contributed by atoms with Crippen LogP contribution in [0.3, 0.4) is 0 Å². The number of aryl methyl sites for hydroxylation is 3. The van der Waals surface area contributed by atoms with E-state index in [2.05, 4.69) is 5.32 Å². The molecule has 3 rings (SSSR count). The van der Waals surface area contributed by atoms with Crippen molar-refractivity contribution >= 4 is 40.6 Å². The number of anilines is 1. The van der Waals surface area contributed by atoms with Gasteiger partial charge in [0.25, 0.3) is 11.1 Å². The van der Waals surface area contributed by atoms with E-state index in [1.54, 1.807) is 6.08 Å². The monoisotopic (exact) mass is 380 g/mol. The van der Waals surface area contributed by atoms with Gasteiger partial charge in [0.15, 0.2) is 0 Å². The molecule has 0 radical (unpaired) electrons. The van der Waals surface area contributed by atoms with Crippen molar-refractivity contribution in [3.05, 3.63) is 69.6 Å². The second-order valence-corrected chi connectivity index (χ2v) is 7.48. The lowest BCUT2D eigenvalue weighted by molar-refractivity contribution is -0.127. The van der Waals surface area contributed by atoms with Crippen molar-refractivity contribution in [3.8, 4) is 0 Å². The van der Waals surface area contributed by atoms with E-state index >= 15 is 0 Å². The van der Waals surface area contributed by atoms with Crippen LogP contribution in [0, 0.1) is 20.8 Å². The molecular formula is C21H20N2O3S. The maximum atomic E-state index is 12.6. The number of hydrogen-bond donors (Lipinski definition) is 1. The number of rotatable bonds is 4. The van der Waals surface area contributed by atoms with Gasteiger partial charge in [0, 0.05) is 5.69 Å². The second-order valence-electron chi connectivity index (χ2n) is 6.49. The Hall–Kier alpha value is -2.86. The molecule has 1 aliphatic heterocycles. The van der Waals surface area contributed by atoms with Crippen LogP contribution in [-0.4, -0.2) is 28.5 Å². The summed E-state index contributed by atoms with van der Waals surface area (Å²) in [5.41, 5.74) is 4.51. The fraction of sp³-hybridized carbons (Fsp3) is 0.190. The fourth-order valence-corrected chi connectivity index (χ4v) is 3.56. The van der Waals surface area contributed by atoms with E-state index in [-0.39, 0.29) is 6.54 Å². The van der Waals surface area contributed by atoms with E-state index in [0.717, 1.165) is 38.9 Å². The lowest BCUT2D eigenvalue weighted by atomic mass is 10.1. The molecule has 6 heteroatoms. The largest absolute Gasteiger partial charge is 0.324 e. The van der Waals surface area contributed by atoms with E-state index in [9.17, 15) is 14.4 Å². The molecule has 138 valence electrons. The van der Waals surface area contributed by atoms with E-state index in [0.29, 0.717) is 10.6 Å². The first kappa shape index (κ1) is 18.9. The van der Waals surface area contributed by atoms with Crippen molar-refractivity contribution in [1.29, 1.82) is 0 Å². The molecule has 0 spiro atoms. The van der Waals surface area contributed by atoms with Crippen molar-refractivity contribution in [1.82, 2.24) is 4.90 Å². The lowest BCUT2D eigenvalue weighted by Crippen LogP contribution is -2.36. The molecule has 0 aromatic heterocycles. The first-order valence-electron chi connectivity index (χ1n) is 8.53. The van der Waals surface area contributed by atoms with Crippen LogP contribution in [0.15, 0.2) is 47.4 Å². The van der Waals surface area contributed by atoms with Gasteiger partial charge in [-0.3, -0.25) is 19.3 Å². The molecule has 0 aliphatic carbocycles. The van der Waals surface area contributed by atoms with Crippen molar-refractivity contribution in [2.24, 2.45) is 0 Å². The number of carbonyl (C=O) groups excluding carboxylic acids is 3. The van der Waals surface area contributed by atoms with E-state index in [1.807, 2.05) is 63.2 Å². The Balaban J connectivity index is 1.73. The van der Waals surface area contributed by atoms with Crippen molar-refractivity contribution in [2.75, 3.05) is 11.9 Å². The van der Waals surface area contributed by atoms with Crippen LogP contribution in [0.4, 0.5) is 10.5 Å². The summed E-state index contributed by atoms with van der Waals surface area (Å²) in [6.07, 6.45) is 1.70. The van der Waals surface area contributed by atoms with Crippen LogP contribution in [-0.2, 0) is 9.59 Å². The SMILES string of the molecule is Cc1ccc(C)c(NC(=O)CN2C(=O)S/C(=C/c3ccccc3C)C2=O)c1. The average Bonchev–Trinajstić information content (AvgIpc) is 2.87. The number of imide groups is 1. The fourth-order valence-electron chi connectivity index (χ4n) is 2.73. The van der Waals surface area contributed by atoms with Gasteiger partial charge >= 0.3 is 0 Å². The van der Waals surface area contributed by atoms with Gasteiger partial charge < -0.3 is 5.32 Å². The van der Waals surface area contributed by atoms with Crippen LogP contribution in [0.5, 0.6) is 0 Å². The Kier molecular flexibility index (Phi) is 5.46. The van der Waals surface area contributed by atoms with Gasteiger partial charge in [0.2, 0.25) is 5.91 Å². The Morgan fingerprint density at radius 2 is 1.81 bits per heavy atom. The zero-order valence-corrected chi connectivity index (χ0v) is 16.2. The number of amides is 3. The maximum absolute atomic E-state index is 12.6. The summed E-state index contributed by atoms with van der Waals surface area (Å²) in [5.74, 6) is -0.840. The van der Waals surface area contributed by atoms with Crippen molar-refractivity contribution < 1.29 is 14.4 Å². The summed E-state index contributed by atoms with van der Waals surface area (Å²) < 4.78 is 0. The molecule has 0 atom stereocenters. The van der Waals surface area contributed by atoms with Gasteiger partial charge in [-0.15, -0.1) is 0 Å². The van der Waals surface area contributed by atoms with E-state index in [4.69, 9.17) is 0 Å². The third-order valence-electron chi connectivity index (χ3n) is 4.32. The quantitative estimate of drug-likeness (QED) is 0.804. The molecular weight excluding hydrogens is 360 g/mol. The summed E-state index contributed by atoms with van der Waals surface area (Å²) in [7, 11) is 0. The summed E-state index contributed by atoms with van der Waals surface area (Å²) in [4.78, 5) is 38.5. The number of hydrogen-bond acceptors (Lipinski definition) is 4. The molecule has 2 aromatic rings. The van der Waals surface area contributed by atoms with E-state index < -0.39 is 17.1 Å². The Morgan fingerprint density at radius 1 is 1.07 bits per heavy atom. The van der Waals surface area contributed by atoms with Crippen LogP contribution in [0.1, 0.15) is 22.3 Å². The smallest absolute Gasteiger partial charge is 0.294 e. The molecule has 3 amide bonds. The van der Waals surface area contributed by atoms with E-state index in [1.165, 1.54) is 0 Å². The minimum atomic E-state index is -0.440. The number of thioether (sulfide) groups is 1. The predicted octanol–water partition coefficient (Wildman–Crippen LogP) is 4.29. The lowest BCUT2D eigenvalue weighted by Gasteiger charge is -2.14. The van der Waals surface area contributed by atoms with Crippen LogP contribution in [0.25, 0.3) is 6.08 Å². The summed E-state index contributed by atoms with van der Waals surface area (Å²) in [6.45, 7) is 5.46. The number of carbonyl (C=O) groups is 3. The van der Waals surface area contributed by atoms with Crippen molar-refractivity contribution in [3.63, 3.8) is 0 Å². The highest BCUT2D eigenvalue weighted by molar-refractivity contribution is 8.18. The van der Waals surface area contributed by atoms with Crippen molar-refractivity contribution in [2.45, 2.75) is 20.8 Å². The molecule has 1 fully saturated rings. The van der Waals surface area contributed by atoms with Crippen LogP contribution in [0.2, 0.25) is 0 Å². The molecule has 0 unspecified atom stereocenters. The zero-order valence-electron chi connectivity index (χ0n) is 15.4. The van der Waals surface area contributed by atoms with Gasteiger partial charge in [-0.25, -0.2) is 0 Å². The highest BCUT2D eigenvalue weighted by Crippen LogP contribution is 2.32. The standard InChI is InChI=1S/C21H20N2O3S/c1-13-8-9-15(3)17(10-13)22-19(24)12-23-20(25)18(27-21(23)26)11-16-7-5-4-6-14(16)2/h4-11H,12H2,1-3H3,(H,22,24)/b18-11+. The second kappa shape index (κ2) is 7.80. The highest BCUT2D eigenvalue weighted by Gasteiger charge is 2.36. The summed E-state index contributed by atoms with van der Waals surface area (Å²) in [6, 6.07) is 13.3. The highest BCUT2D eigenvalue weighted by atomic mass is 32.2. The van der Waals surface area contributed by atoms with Crippen LogP contribution >= 0.6 is 11.8 Å². The van der Waals surface area contributed by atoms with Gasteiger partial charge in [-0.2, -0.15) is 0 Å². The molecule has 1 heterocycles. The minimum Gasteiger partial charge on any atom is -0.324 e. The maximum Gasteiger partial charge on any atom is 0.294 e. The first-order chi connectivity index (χ1) is 12.8. The Morgan fingerprint density at radius 3 is 2.56 bits per heavy atom. The number of benzene rings is 2. The number of nitrogens with zero attached hydrogens (tertiary/aromatic N) is 1. The average molecular weight is 380 g/mol. The number of nitrogens with one attached hydrogen (secondary N) is 1. The molecule has 1 N–H and O–H groups in total. The third kappa shape index (κ3) is 4.28. The molecule has 1 aliphatic rings.